The molecule has 2 saturated heterocycles. The molecule has 3 rings (SSSR count). The van der Waals surface area contributed by atoms with Crippen LogP contribution in [-0.4, -0.2) is 74.2 Å². The molecular weight excluding hydrogens is 410 g/mol. The van der Waals surface area contributed by atoms with Crippen LogP contribution in [0.2, 0.25) is 5.02 Å². The average molecular weight is 442 g/mol. The van der Waals surface area contributed by atoms with E-state index in [0.717, 1.165) is 32.5 Å². The number of amides is 1. The van der Waals surface area contributed by atoms with Crippen molar-refractivity contribution in [1.29, 1.82) is 0 Å². The summed E-state index contributed by atoms with van der Waals surface area (Å²) in [6.45, 7) is 11.4. The molecule has 2 aliphatic rings. The number of carbonyl (C=O) groups excluding carboxylic acids is 1. The quantitative estimate of drug-likeness (QED) is 0.704. The topological polar surface area (TPSA) is 60.9 Å². The number of benzene rings is 1. The molecule has 8 heteroatoms. The van der Waals surface area contributed by atoms with Crippen LogP contribution in [0.5, 0.6) is 0 Å². The van der Waals surface area contributed by atoms with Crippen LogP contribution in [-0.2, 0) is 10.0 Å². The van der Waals surface area contributed by atoms with Crippen molar-refractivity contribution in [3.05, 3.63) is 28.8 Å². The van der Waals surface area contributed by atoms with Crippen molar-refractivity contribution in [2.24, 2.45) is 11.8 Å². The van der Waals surface area contributed by atoms with E-state index < -0.39 is 10.0 Å². The van der Waals surface area contributed by atoms with Gasteiger partial charge < -0.3 is 4.90 Å². The first-order valence-electron chi connectivity index (χ1n) is 10.5. The zero-order chi connectivity index (χ0) is 21.2. The molecule has 0 aliphatic carbocycles. The molecule has 162 valence electrons. The average Bonchev–Trinajstić information content (AvgIpc) is 2.68. The third kappa shape index (κ3) is 5.32. The van der Waals surface area contributed by atoms with Gasteiger partial charge in [0.25, 0.3) is 5.91 Å². The molecule has 0 aromatic heterocycles. The predicted molar refractivity (Wildman–Crippen MR) is 116 cm³/mol. The maximum absolute atomic E-state index is 13.2. The van der Waals surface area contributed by atoms with Crippen LogP contribution in [0.4, 0.5) is 0 Å². The van der Waals surface area contributed by atoms with Gasteiger partial charge in [-0.1, -0.05) is 32.4 Å². The van der Waals surface area contributed by atoms with E-state index >= 15 is 0 Å². The number of rotatable bonds is 5. The molecule has 1 aromatic carbocycles. The Bertz CT molecular complexity index is 836. The maximum atomic E-state index is 13.2. The molecule has 1 amide bonds. The second kappa shape index (κ2) is 9.33. The van der Waals surface area contributed by atoms with Gasteiger partial charge >= 0.3 is 0 Å². The van der Waals surface area contributed by atoms with E-state index in [2.05, 4.69) is 25.7 Å². The van der Waals surface area contributed by atoms with Crippen molar-refractivity contribution in [2.45, 2.75) is 38.5 Å². The van der Waals surface area contributed by atoms with Crippen LogP contribution in [0.1, 0.15) is 44.0 Å². The standard InChI is InChI=1S/C21H32ClN3O3S/c1-16(2)14-23-9-11-24(12-10-23)21(26)18-6-7-19(22)20(13-18)29(27,28)25-8-4-5-17(3)15-25/h6-7,13,16-17H,4-5,8-12,14-15H2,1-3H3. The zero-order valence-electron chi connectivity index (χ0n) is 17.6. The van der Waals surface area contributed by atoms with E-state index in [0.29, 0.717) is 43.6 Å². The minimum Gasteiger partial charge on any atom is -0.336 e. The Kier molecular flexibility index (Phi) is 7.25. The highest BCUT2D eigenvalue weighted by Gasteiger charge is 2.31. The molecule has 1 unspecified atom stereocenters. The van der Waals surface area contributed by atoms with E-state index in [1.807, 2.05) is 0 Å². The minimum atomic E-state index is -3.71. The largest absolute Gasteiger partial charge is 0.336 e. The number of hydrogen-bond acceptors (Lipinski definition) is 4. The first-order chi connectivity index (χ1) is 13.7. The Labute approximate surface area is 179 Å². The highest BCUT2D eigenvalue weighted by Crippen LogP contribution is 2.29. The van der Waals surface area contributed by atoms with Gasteiger partial charge in [-0.2, -0.15) is 4.31 Å². The zero-order valence-corrected chi connectivity index (χ0v) is 19.2. The molecule has 1 aromatic rings. The smallest absolute Gasteiger partial charge is 0.253 e. The minimum absolute atomic E-state index is 0.0394. The van der Waals surface area contributed by atoms with Crippen LogP contribution in [0.3, 0.4) is 0 Å². The summed E-state index contributed by atoms with van der Waals surface area (Å²) >= 11 is 6.26. The number of piperazine rings is 1. The van der Waals surface area contributed by atoms with Crippen molar-refractivity contribution in [2.75, 3.05) is 45.8 Å². The Balaban J connectivity index is 1.76. The maximum Gasteiger partial charge on any atom is 0.253 e. The number of piperidine rings is 1. The van der Waals surface area contributed by atoms with Gasteiger partial charge in [0.2, 0.25) is 10.0 Å². The number of carbonyl (C=O) groups is 1. The van der Waals surface area contributed by atoms with Crippen molar-refractivity contribution >= 4 is 27.5 Å². The summed E-state index contributed by atoms with van der Waals surface area (Å²) < 4.78 is 27.8. The van der Waals surface area contributed by atoms with Crippen molar-refractivity contribution in [3.63, 3.8) is 0 Å². The van der Waals surface area contributed by atoms with Gasteiger partial charge in [0, 0.05) is 51.4 Å². The number of hydrogen-bond donors (Lipinski definition) is 0. The van der Waals surface area contributed by atoms with E-state index in [1.165, 1.54) is 16.4 Å². The lowest BCUT2D eigenvalue weighted by molar-refractivity contribution is 0.0623. The second-order valence-corrected chi connectivity index (χ2v) is 11.1. The SMILES string of the molecule is CC(C)CN1CCN(C(=O)c2ccc(Cl)c(S(=O)(=O)N3CCCC(C)C3)c2)CC1. The lowest BCUT2D eigenvalue weighted by atomic mass is 10.0. The molecule has 0 radical (unpaired) electrons. The van der Waals surface area contributed by atoms with Crippen molar-refractivity contribution in [3.8, 4) is 0 Å². The Morgan fingerprint density at radius 2 is 1.86 bits per heavy atom. The Morgan fingerprint density at radius 1 is 1.17 bits per heavy atom. The van der Waals surface area contributed by atoms with Gasteiger partial charge in [0.15, 0.2) is 0 Å². The van der Waals surface area contributed by atoms with Crippen molar-refractivity contribution < 1.29 is 13.2 Å². The fourth-order valence-corrected chi connectivity index (χ4v) is 6.27. The summed E-state index contributed by atoms with van der Waals surface area (Å²) in [6.07, 6.45) is 1.87. The van der Waals surface area contributed by atoms with Gasteiger partial charge in [-0.15, -0.1) is 0 Å². The van der Waals surface area contributed by atoms with E-state index in [4.69, 9.17) is 11.6 Å². The molecule has 29 heavy (non-hydrogen) atoms. The van der Waals surface area contributed by atoms with Crippen LogP contribution >= 0.6 is 11.6 Å². The molecule has 2 aliphatic heterocycles. The molecule has 0 spiro atoms. The number of sulfonamides is 1. The highest BCUT2D eigenvalue weighted by atomic mass is 35.5. The highest BCUT2D eigenvalue weighted by molar-refractivity contribution is 7.89. The first-order valence-corrected chi connectivity index (χ1v) is 12.3. The fraction of sp³-hybridized carbons (Fsp3) is 0.667. The summed E-state index contributed by atoms with van der Waals surface area (Å²) in [5.74, 6) is 0.789. The van der Waals surface area contributed by atoms with Gasteiger partial charge in [-0.05, 0) is 42.9 Å². The summed E-state index contributed by atoms with van der Waals surface area (Å²) in [5.41, 5.74) is 0.385. The first kappa shape index (κ1) is 22.5. The molecule has 0 saturated carbocycles. The molecule has 6 nitrogen and oxygen atoms in total. The lowest BCUT2D eigenvalue weighted by Crippen LogP contribution is -2.49. The third-order valence-electron chi connectivity index (χ3n) is 5.70. The molecule has 2 heterocycles. The monoisotopic (exact) mass is 441 g/mol. The van der Waals surface area contributed by atoms with E-state index in [1.54, 1.807) is 11.0 Å². The van der Waals surface area contributed by atoms with Gasteiger partial charge in [-0.25, -0.2) is 8.42 Å². The second-order valence-electron chi connectivity index (χ2n) is 8.74. The van der Waals surface area contributed by atoms with E-state index in [9.17, 15) is 13.2 Å². The third-order valence-corrected chi connectivity index (χ3v) is 8.05. The Hall–Kier alpha value is -1.15. The molecule has 1 atom stereocenters. The normalized spacial score (nSPS) is 22.2. The predicted octanol–water partition coefficient (Wildman–Crippen LogP) is 3.17. The summed E-state index contributed by atoms with van der Waals surface area (Å²) in [5, 5.41) is 0.168. The fourth-order valence-electron chi connectivity index (χ4n) is 4.17. The number of nitrogens with zero attached hydrogens (tertiary/aromatic N) is 3. The summed E-state index contributed by atoms with van der Waals surface area (Å²) in [4.78, 5) is 17.2. The molecule has 2 fully saturated rings. The van der Waals surface area contributed by atoms with Gasteiger partial charge in [0.05, 0.1) is 5.02 Å². The Morgan fingerprint density at radius 3 is 2.48 bits per heavy atom. The lowest BCUT2D eigenvalue weighted by Gasteiger charge is -2.35. The van der Waals surface area contributed by atoms with Crippen molar-refractivity contribution in [1.82, 2.24) is 14.1 Å². The molecular formula is C21H32ClN3O3S. The summed E-state index contributed by atoms with van der Waals surface area (Å²) in [6, 6.07) is 4.62. The summed E-state index contributed by atoms with van der Waals surface area (Å²) in [7, 11) is -3.71. The van der Waals surface area contributed by atoms with Crippen LogP contribution < -0.4 is 0 Å². The van der Waals surface area contributed by atoms with Gasteiger partial charge in [0.1, 0.15) is 4.90 Å². The van der Waals surface area contributed by atoms with Crippen LogP contribution in [0.15, 0.2) is 23.1 Å². The van der Waals surface area contributed by atoms with Crippen LogP contribution in [0.25, 0.3) is 0 Å². The number of halogens is 1. The molecule has 0 bridgehead atoms. The van der Waals surface area contributed by atoms with Crippen LogP contribution in [0, 0.1) is 11.8 Å². The van der Waals surface area contributed by atoms with E-state index in [-0.39, 0.29) is 15.8 Å². The molecule has 0 N–H and O–H groups in total. The van der Waals surface area contributed by atoms with Gasteiger partial charge in [-0.3, -0.25) is 9.69 Å².